The van der Waals surface area contributed by atoms with Gasteiger partial charge in [0.2, 0.25) is 5.91 Å². The third-order valence-corrected chi connectivity index (χ3v) is 5.27. The Morgan fingerprint density at radius 1 is 1.18 bits per heavy atom. The molecule has 0 bridgehead atoms. The Hall–Kier alpha value is -0.960. The van der Waals surface area contributed by atoms with Gasteiger partial charge in [-0.1, -0.05) is 12.1 Å². The fraction of sp³-hybridized carbons (Fsp3) is 0.632. The molecule has 2 unspecified atom stereocenters. The third-order valence-electron chi connectivity index (χ3n) is 5.27. The van der Waals surface area contributed by atoms with Gasteiger partial charge < -0.3 is 20.5 Å². The van der Waals surface area contributed by atoms with E-state index in [9.17, 15) is 9.18 Å². The molecule has 2 aliphatic rings. The van der Waals surface area contributed by atoms with E-state index in [0.29, 0.717) is 33.0 Å². The van der Waals surface area contributed by atoms with Crippen LogP contribution in [0.3, 0.4) is 0 Å². The molecule has 1 aromatic rings. The summed E-state index contributed by atoms with van der Waals surface area (Å²) in [7, 11) is 0. The first kappa shape index (κ1) is 25.1. The Morgan fingerprint density at radius 2 is 1.82 bits per heavy atom. The van der Waals surface area contributed by atoms with Crippen molar-refractivity contribution in [1.29, 1.82) is 0 Å². The summed E-state index contributed by atoms with van der Waals surface area (Å²) < 4.78 is 24.5. The van der Waals surface area contributed by atoms with Crippen molar-refractivity contribution in [2.45, 2.75) is 24.9 Å². The monoisotopic (exact) mass is 437 g/mol. The van der Waals surface area contributed by atoms with Crippen LogP contribution in [0.25, 0.3) is 0 Å². The van der Waals surface area contributed by atoms with Crippen molar-refractivity contribution < 1.29 is 18.7 Å². The van der Waals surface area contributed by atoms with Gasteiger partial charge in [-0.3, -0.25) is 9.69 Å². The molecule has 2 heterocycles. The molecule has 0 aromatic heterocycles. The van der Waals surface area contributed by atoms with E-state index in [1.807, 2.05) is 6.07 Å². The molecular formula is C19H30Cl2FN3O3. The van der Waals surface area contributed by atoms with Gasteiger partial charge in [-0.2, -0.15) is 0 Å². The first-order chi connectivity index (χ1) is 12.6. The van der Waals surface area contributed by atoms with Crippen LogP contribution in [-0.2, 0) is 14.3 Å². The molecule has 6 nitrogen and oxygen atoms in total. The maximum Gasteiger partial charge on any atom is 0.237 e. The van der Waals surface area contributed by atoms with Gasteiger partial charge in [-0.05, 0) is 36.5 Å². The SMILES string of the molecule is Cl.Cl.NC(C(=O)NCC(c1cccc(F)c1)N1CCOCC1)C1CCOCC1. The van der Waals surface area contributed by atoms with Crippen LogP contribution in [0.4, 0.5) is 4.39 Å². The molecule has 3 N–H and O–H groups in total. The zero-order valence-corrected chi connectivity index (χ0v) is 17.5. The molecule has 2 aliphatic heterocycles. The highest BCUT2D eigenvalue weighted by Crippen LogP contribution is 2.23. The summed E-state index contributed by atoms with van der Waals surface area (Å²) in [4.78, 5) is 14.8. The number of carbonyl (C=O) groups is 1. The number of amides is 1. The van der Waals surface area contributed by atoms with E-state index in [1.54, 1.807) is 6.07 Å². The van der Waals surface area contributed by atoms with Gasteiger partial charge in [-0.15, -0.1) is 24.8 Å². The zero-order chi connectivity index (χ0) is 18.4. The van der Waals surface area contributed by atoms with Gasteiger partial charge in [0, 0.05) is 32.8 Å². The Kier molecular flexibility index (Phi) is 11.3. The van der Waals surface area contributed by atoms with Crippen molar-refractivity contribution in [3.05, 3.63) is 35.6 Å². The van der Waals surface area contributed by atoms with Crippen LogP contribution in [0.1, 0.15) is 24.4 Å². The summed E-state index contributed by atoms with van der Waals surface area (Å²) in [5.41, 5.74) is 7.01. The second-order valence-electron chi connectivity index (χ2n) is 6.94. The van der Waals surface area contributed by atoms with Crippen LogP contribution < -0.4 is 11.1 Å². The molecule has 0 spiro atoms. The lowest BCUT2D eigenvalue weighted by atomic mass is 9.91. The summed E-state index contributed by atoms with van der Waals surface area (Å²) in [6, 6.07) is 5.93. The highest BCUT2D eigenvalue weighted by atomic mass is 35.5. The fourth-order valence-electron chi connectivity index (χ4n) is 3.66. The molecular weight excluding hydrogens is 408 g/mol. The molecule has 160 valence electrons. The lowest BCUT2D eigenvalue weighted by Gasteiger charge is -2.35. The molecule has 0 radical (unpaired) electrons. The summed E-state index contributed by atoms with van der Waals surface area (Å²) in [5.74, 6) is -0.266. The van der Waals surface area contributed by atoms with E-state index in [-0.39, 0.29) is 48.5 Å². The predicted octanol–water partition coefficient (Wildman–Crippen LogP) is 1.91. The highest BCUT2D eigenvalue weighted by molar-refractivity contribution is 5.85. The number of morpholine rings is 1. The summed E-state index contributed by atoms with van der Waals surface area (Å²) in [5, 5.41) is 2.99. The number of carbonyl (C=O) groups excluding carboxylic acids is 1. The van der Waals surface area contributed by atoms with Crippen molar-refractivity contribution in [3.8, 4) is 0 Å². The number of nitrogens with two attached hydrogens (primary N) is 1. The standard InChI is InChI=1S/C19H28FN3O3.2ClH/c20-16-3-1-2-15(12-16)17(23-6-10-26-11-7-23)13-22-19(24)18(21)14-4-8-25-9-5-14;;/h1-3,12,14,17-18H,4-11,13,21H2,(H,22,24);2*1H. The predicted molar refractivity (Wildman–Crippen MR) is 111 cm³/mol. The lowest BCUT2D eigenvalue weighted by molar-refractivity contribution is -0.124. The van der Waals surface area contributed by atoms with Gasteiger partial charge in [0.05, 0.1) is 25.3 Å². The highest BCUT2D eigenvalue weighted by Gasteiger charge is 2.28. The minimum atomic E-state index is -0.531. The summed E-state index contributed by atoms with van der Waals surface area (Å²) in [6.45, 7) is 4.50. The third kappa shape index (κ3) is 6.83. The minimum absolute atomic E-state index is 0. The number of nitrogens with one attached hydrogen (secondary N) is 1. The van der Waals surface area contributed by atoms with Gasteiger partial charge in [0.15, 0.2) is 0 Å². The van der Waals surface area contributed by atoms with E-state index >= 15 is 0 Å². The Balaban J connectivity index is 0.00000196. The van der Waals surface area contributed by atoms with Crippen LogP contribution in [-0.4, -0.2) is 62.9 Å². The molecule has 0 saturated carbocycles. The molecule has 28 heavy (non-hydrogen) atoms. The second kappa shape index (κ2) is 12.6. The van der Waals surface area contributed by atoms with Crippen molar-refractivity contribution in [1.82, 2.24) is 10.2 Å². The topological polar surface area (TPSA) is 76.8 Å². The zero-order valence-electron chi connectivity index (χ0n) is 15.8. The van der Waals surface area contributed by atoms with Crippen LogP contribution in [0, 0.1) is 11.7 Å². The number of benzene rings is 1. The maximum atomic E-state index is 13.7. The van der Waals surface area contributed by atoms with Crippen molar-refractivity contribution in [3.63, 3.8) is 0 Å². The van der Waals surface area contributed by atoms with Crippen LogP contribution in [0.5, 0.6) is 0 Å². The van der Waals surface area contributed by atoms with Crippen LogP contribution in [0.2, 0.25) is 0 Å². The van der Waals surface area contributed by atoms with E-state index in [2.05, 4.69) is 10.2 Å². The van der Waals surface area contributed by atoms with Gasteiger partial charge in [0.1, 0.15) is 5.82 Å². The molecule has 2 saturated heterocycles. The molecule has 2 atom stereocenters. The number of nitrogens with zero attached hydrogens (tertiary/aromatic N) is 1. The largest absolute Gasteiger partial charge is 0.381 e. The van der Waals surface area contributed by atoms with E-state index in [4.69, 9.17) is 15.2 Å². The molecule has 2 fully saturated rings. The van der Waals surface area contributed by atoms with Crippen molar-refractivity contribution in [2.75, 3.05) is 46.1 Å². The lowest BCUT2D eigenvalue weighted by Crippen LogP contribution is -2.50. The average Bonchev–Trinajstić information content (AvgIpc) is 2.69. The van der Waals surface area contributed by atoms with Crippen LogP contribution in [0.15, 0.2) is 24.3 Å². The molecule has 3 rings (SSSR count). The Morgan fingerprint density at radius 3 is 2.46 bits per heavy atom. The van der Waals surface area contributed by atoms with E-state index in [0.717, 1.165) is 31.5 Å². The molecule has 9 heteroatoms. The molecule has 0 aliphatic carbocycles. The maximum absolute atomic E-state index is 13.7. The Bertz CT molecular complexity index is 600. The summed E-state index contributed by atoms with van der Waals surface area (Å²) >= 11 is 0. The number of ether oxygens (including phenoxy) is 2. The summed E-state index contributed by atoms with van der Waals surface area (Å²) in [6.07, 6.45) is 1.62. The number of hydrogen-bond acceptors (Lipinski definition) is 5. The van der Waals surface area contributed by atoms with Gasteiger partial charge in [0.25, 0.3) is 0 Å². The van der Waals surface area contributed by atoms with Crippen molar-refractivity contribution >= 4 is 30.7 Å². The molecule has 1 aromatic carbocycles. The van der Waals surface area contributed by atoms with Gasteiger partial charge >= 0.3 is 0 Å². The van der Waals surface area contributed by atoms with E-state index < -0.39 is 6.04 Å². The molecule has 1 amide bonds. The first-order valence-electron chi connectivity index (χ1n) is 9.33. The van der Waals surface area contributed by atoms with Crippen LogP contribution >= 0.6 is 24.8 Å². The number of halogens is 3. The quantitative estimate of drug-likeness (QED) is 0.710. The average molecular weight is 438 g/mol. The minimum Gasteiger partial charge on any atom is -0.381 e. The van der Waals surface area contributed by atoms with Gasteiger partial charge in [-0.25, -0.2) is 4.39 Å². The Labute approximate surface area is 178 Å². The van der Waals surface area contributed by atoms with E-state index in [1.165, 1.54) is 12.1 Å². The number of hydrogen-bond donors (Lipinski definition) is 2. The second-order valence-corrected chi connectivity index (χ2v) is 6.94. The fourth-order valence-corrected chi connectivity index (χ4v) is 3.66. The smallest absolute Gasteiger partial charge is 0.237 e. The first-order valence-corrected chi connectivity index (χ1v) is 9.33. The normalized spacial score (nSPS) is 20.4. The van der Waals surface area contributed by atoms with Crippen molar-refractivity contribution in [2.24, 2.45) is 11.7 Å². The number of rotatable bonds is 6.